The minimum Gasteiger partial charge on any atom is -0.372 e. The molecule has 0 fully saturated rings. The summed E-state index contributed by atoms with van der Waals surface area (Å²) in [5.74, 6) is -0.422. The molecule has 168 valence electrons. The van der Waals surface area contributed by atoms with Gasteiger partial charge in [-0.2, -0.15) is 44.1 Å². The number of alkyl halides is 6. The van der Waals surface area contributed by atoms with E-state index in [-0.39, 0.29) is 22.9 Å². The van der Waals surface area contributed by atoms with Gasteiger partial charge < -0.3 is 10.2 Å². The highest BCUT2D eigenvalue weighted by molar-refractivity contribution is 7.81. The van der Waals surface area contributed by atoms with Crippen LogP contribution >= 0.6 is 12.6 Å². The number of nitrogens with zero attached hydrogens (tertiary/aromatic N) is 3. The molecule has 3 rings (SSSR count). The Hall–Kier alpha value is -2.70. The Morgan fingerprint density at radius 3 is 2.45 bits per heavy atom. The summed E-state index contributed by atoms with van der Waals surface area (Å²) in [6, 6.07) is 4.72. The van der Waals surface area contributed by atoms with Crippen LogP contribution in [0.5, 0.6) is 0 Å². The number of aromatic nitrogens is 2. The Morgan fingerprint density at radius 1 is 1.26 bits per heavy atom. The molecule has 0 radical (unpaired) electrons. The molecule has 1 aliphatic heterocycles. The van der Waals surface area contributed by atoms with E-state index in [9.17, 15) is 31.1 Å². The van der Waals surface area contributed by atoms with Gasteiger partial charge in [-0.15, -0.1) is 0 Å². The largest absolute Gasteiger partial charge is 0.437 e. The van der Waals surface area contributed by atoms with Crippen molar-refractivity contribution in [2.45, 2.75) is 31.3 Å². The third-order valence-electron chi connectivity index (χ3n) is 4.75. The average molecular weight is 466 g/mol. The molecule has 2 aromatic rings. The van der Waals surface area contributed by atoms with Gasteiger partial charge in [0.2, 0.25) is 5.91 Å². The molecule has 1 amide bonds. The van der Waals surface area contributed by atoms with Crippen LogP contribution in [0.25, 0.3) is 0 Å². The summed E-state index contributed by atoms with van der Waals surface area (Å²) in [5.41, 5.74) is -4.27. The topological polar surface area (TPSA) is 68.5 Å². The van der Waals surface area contributed by atoms with E-state index in [1.165, 1.54) is 18.2 Å². The molecule has 1 aromatic heterocycles. The maximum absolute atomic E-state index is 14.0. The second kappa shape index (κ2) is 7.77. The fourth-order valence-electron chi connectivity index (χ4n) is 3.18. The maximum atomic E-state index is 14.0. The molecule has 13 heteroatoms. The van der Waals surface area contributed by atoms with Crippen LogP contribution in [-0.4, -0.2) is 33.3 Å². The van der Waals surface area contributed by atoms with Crippen LogP contribution in [0.15, 0.2) is 29.4 Å². The van der Waals surface area contributed by atoms with Crippen molar-refractivity contribution >= 4 is 29.9 Å². The number of amides is 1. The highest BCUT2D eigenvalue weighted by atomic mass is 32.1. The number of rotatable bonds is 4. The smallest absolute Gasteiger partial charge is 0.372 e. The van der Waals surface area contributed by atoms with Crippen LogP contribution in [0.2, 0.25) is 0 Å². The number of anilines is 1. The fraction of sp³-hybridized carbons (Fsp3) is 0.389. The Kier molecular flexibility index (Phi) is 5.76. The minimum absolute atomic E-state index is 0.0551. The first-order valence-corrected chi connectivity index (χ1v) is 9.37. The van der Waals surface area contributed by atoms with Crippen molar-refractivity contribution in [1.29, 1.82) is 0 Å². The average Bonchev–Trinajstić information content (AvgIpc) is 3.27. The van der Waals surface area contributed by atoms with Crippen molar-refractivity contribution < 1.29 is 36.0 Å². The lowest BCUT2D eigenvalue weighted by Crippen LogP contribution is -2.44. The van der Waals surface area contributed by atoms with Gasteiger partial charge in [-0.25, -0.2) is 0 Å². The first-order valence-electron chi connectivity index (χ1n) is 8.74. The van der Waals surface area contributed by atoms with Crippen molar-refractivity contribution in [3.05, 3.63) is 46.8 Å². The molecule has 0 bridgehead atoms. The molecule has 1 unspecified atom stereocenters. The number of nitrogens with one attached hydrogen (secondary N) is 1. The van der Waals surface area contributed by atoms with Crippen molar-refractivity contribution in [3.8, 4) is 0 Å². The van der Waals surface area contributed by atoms with E-state index in [0.29, 0.717) is 22.0 Å². The Morgan fingerprint density at radius 2 is 1.94 bits per heavy atom. The molecule has 1 aromatic carbocycles. The summed E-state index contributed by atoms with van der Waals surface area (Å²) in [6.07, 6.45) is -10.9. The van der Waals surface area contributed by atoms with Crippen molar-refractivity contribution in [1.82, 2.24) is 9.78 Å². The normalized spacial score (nSPS) is 19.2. The van der Waals surface area contributed by atoms with Crippen LogP contribution in [0, 0.1) is 6.92 Å². The molecular formula is C18H16F6N4O2S. The van der Waals surface area contributed by atoms with Gasteiger partial charge in [0.25, 0.3) is 5.60 Å². The predicted molar refractivity (Wildman–Crippen MR) is 102 cm³/mol. The van der Waals surface area contributed by atoms with Gasteiger partial charge in [0, 0.05) is 12.7 Å². The predicted octanol–water partition coefficient (Wildman–Crippen LogP) is 4.20. The van der Waals surface area contributed by atoms with Crippen molar-refractivity contribution in [2.75, 3.05) is 11.1 Å². The zero-order chi connectivity index (χ0) is 23.2. The highest BCUT2D eigenvalue weighted by Crippen LogP contribution is 2.49. The Labute approximate surface area is 177 Å². The molecule has 31 heavy (non-hydrogen) atoms. The summed E-state index contributed by atoms with van der Waals surface area (Å²) < 4.78 is 81.5. The molecular weight excluding hydrogens is 450 g/mol. The van der Waals surface area contributed by atoms with Gasteiger partial charge in [-0.05, 0) is 36.2 Å². The number of aryl methyl sites for hydroxylation is 2. The number of carbonyl (C=O) groups is 1. The molecule has 2 heterocycles. The van der Waals surface area contributed by atoms with E-state index in [1.54, 1.807) is 6.92 Å². The number of oxime groups is 1. The Bertz CT molecular complexity index is 1050. The quantitative estimate of drug-likeness (QED) is 0.525. The molecule has 1 N–H and O–H groups in total. The zero-order valence-electron chi connectivity index (χ0n) is 16.1. The van der Waals surface area contributed by atoms with Gasteiger partial charge in [0.15, 0.2) is 5.69 Å². The summed E-state index contributed by atoms with van der Waals surface area (Å²) in [7, 11) is 0.975. The standard InChI is InChI=1S/C18H16F6N4O2S/c1-9-5-10(3-4-11(9)25-15(29)8-31)12-7-16(30-27-12,18(22,23)24)14-6-13(17(19,20)21)26-28(14)2/h3-6,31H,7-8H2,1-2H3,(H,25,29). The number of carbonyl (C=O) groups excluding carboxylic acids is 1. The van der Waals surface area contributed by atoms with Gasteiger partial charge >= 0.3 is 12.4 Å². The van der Waals surface area contributed by atoms with E-state index in [4.69, 9.17) is 4.84 Å². The lowest BCUT2D eigenvalue weighted by atomic mass is 9.89. The van der Waals surface area contributed by atoms with Crippen LogP contribution in [-0.2, 0) is 28.5 Å². The fourth-order valence-corrected chi connectivity index (χ4v) is 3.26. The summed E-state index contributed by atoms with van der Waals surface area (Å²) in [5, 5.41) is 9.28. The van der Waals surface area contributed by atoms with Gasteiger partial charge in [0.1, 0.15) is 0 Å². The van der Waals surface area contributed by atoms with Crippen LogP contribution < -0.4 is 5.32 Å². The highest BCUT2D eigenvalue weighted by Gasteiger charge is 2.64. The first-order chi connectivity index (χ1) is 14.3. The summed E-state index contributed by atoms with van der Waals surface area (Å²) in [6.45, 7) is 1.63. The van der Waals surface area contributed by atoms with Gasteiger partial charge in [-0.1, -0.05) is 11.2 Å². The molecule has 1 aliphatic rings. The number of hydrogen-bond donors (Lipinski definition) is 2. The lowest BCUT2D eigenvalue weighted by Gasteiger charge is -2.28. The third kappa shape index (κ3) is 4.23. The molecule has 1 atom stereocenters. The van der Waals surface area contributed by atoms with E-state index < -0.39 is 35.8 Å². The van der Waals surface area contributed by atoms with E-state index in [0.717, 1.165) is 7.05 Å². The van der Waals surface area contributed by atoms with Crippen LogP contribution in [0.3, 0.4) is 0 Å². The number of thiol groups is 1. The maximum Gasteiger partial charge on any atom is 0.437 e. The van der Waals surface area contributed by atoms with E-state index in [2.05, 4.69) is 28.2 Å². The first kappa shape index (κ1) is 23.0. The number of hydrogen-bond acceptors (Lipinski definition) is 5. The van der Waals surface area contributed by atoms with Gasteiger partial charge in [-0.3, -0.25) is 9.48 Å². The Balaban J connectivity index is 1.96. The minimum atomic E-state index is -5.08. The van der Waals surface area contributed by atoms with Crippen LogP contribution in [0.1, 0.15) is 28.9 Å². The molecule has 0 spiro atoms. The molecule has 0 saturated carbocycles. The number of halogens is 6. The second-order valence-electron chi connectivity index (χ2n) is 6.90. The molecule has 0 saturated heterocycles. The second-order valence-corrected chi connectivity index (χ2v) is 7.22. The third-order valence-corrected chi connectivity index (χ3v) is 5.03. The summed E-state index contributed by atoms with van der Waals surface area (Å²) in [4.78, 5) is 16.3. The monoisotopic (exact) mass is 466 g/mol. The van der Waals surface area contributed by atoms with Crippen molar-refractivity contribution in [3.63, 3.8) is 0 Å². The van der Waals surface area contributed by atoms with E-state index in [1.807, 2.05) is 0 Å². The van der Waals surface area contributed by atoms with E-state index >= 15 is 0 Å². The SMILES string of the molecule is Cc1cc(C2=NOC(c3cc(C(F)(F)F)nn3C)(C(F)(F)F)C2)ccc1NC(=O)CS. The van der Waals surface area contributed by atoms with Crippen LogP contribution in [0.4, 0.5) is 32.0 Å². The lowest BCUT2D eigenvalue weighted by molar-refractivity contribution is -0.278. The zero-order valence-corrected chi connectivity index (χ0v) is 17.0. The summed E-state index contributed by atoms with van der Waals surface area (Å²) >= 11 is 3.85. The molecule has 0 aliphatic carbocycles. The van der Waals surface area contributed by atoms with Gasteiger partial charge in [0.05, 0.1) is 23.6 Å². The van der Waals surface area contributed by atoms with Crippen molar-refractivity contribution in [2.24, 2.45) is 12.2 Å². The number of benzene rings is 1. The molecule has 6 nitrogen and oxygen atoms in total.